The summed E-state index contributed by atoms with van der Waals surface area (Å²) in [6, 6.07) is 8.75. The van der Waals surface area contributed by atoms with Gasteiger partial charge in [0.2, 0.25) is 0 Å². The van der Waals surface area contributed by atoms with Gasteiger partial charge in [0.05, 0.1) is 19.0 Å². The van der Waals surface area contributed by atoms with Gasteiger partial charge in [0.25, 0.3) is 0 Å². The fraction of sp³-hybridized carbons (Fsp3) is 0.655. The van der Waals surface area contributed by atoms with Crippen LogP contribution in [0.1, 0.15) is 116 Å². The van der Waals surface area contributed by atoms with E-state index in [-0.39, 0.29) is 0 Å². The molecule has 0 spiro atoms. The summed E-state index contributed by atoms with van der Waals surface area (Å²) in [7, 11) is 0. The van der Waals surface area contributed by atoms with Crippen LogP contribution in [-0.4, -0.2) is 16.6 Å². The average Bonchev–Trinajstić information content (AvgIpc) is 2.83. The highest BCUT2D eigenvalue weighted by molar-refractivity contribution is 5.55. The van der Waals surface area contributed by atoms with Gasteiger partial charge in [0.1, 0.15) is 0 Å². The molecule has 3 nitrogen and oxygen atoms in total. The third kappa shape index (κ3) is 11.6. The predicted molar refractivity (Wildman–Crippen MR) is 137 cm³/mol. The summed E-state index contributed by atoms with van der Waals surface area (Å²) in [5.74, 6) is 1.53. The van der Waals surface area contributed by atoms with Crippen LogP contribution < -0.4 is 4.74 Å². The van der Waals surface area contributed by atoms with Crippen molar-refractivity contribution in [3.63, 3.8) is 0 Å². The zero-order valence-electron chi connectivity index (χ0n) is 20.8. The van der Waals surface area contributed by atoms with E-state index < -0.39 is 0 Å². The number of hydrogen-bond acceptors (Lipinski definition) is 3. The van der Waals surface area contributed by atoms with Crippen LogP contribution in [0.4, 0.5) is 0 Å². The molecule has 32 heavy (non-hydrogen) atoms. The lowest BCUT2D eigenvalue weighted by Crippen LogP contribution is -1.99. The van der Waals surface area contributed by atoms with Gasteiger partial charge in [-0.05, 0) is 24.8 Å². The quantitative estimate of drug-likeness (QED) is 0.205. The van der Waals surface area contributed by atoms with Crippen molar-refractivity contribution in [2.45, 2.75) is 117 Å². The smallest absolute Gasteiger partial charge is 0.159 e. The second-order valence-corrected chi connectivity index (χ2v) is 9.13. The monoisotopic (exact) mass is 438 g/mol. The second-order valence-electron chi connectivity index (χ2n) is 9.13. The van der Waals surface area contributed by atoms with Gasteiger partial charge in [-0.25, -0.2) is 9.97 Å². The van der Waals surface area contributed by atoms with Crippen LogP contribution in [-0.2, 0) is 6.42 Å². The summed E-state index contributed by atoms with van der Waals surface area (Å²) in [5, 5.41) is 0. The first-order valence-electron chi connectivity index (χ1n) is 13.4. The van der Waals surface area contributed by atoms with Crippen LogP contribution in [0, 0.1) is 0 Å². The number of hydrogen-bond donors (Lipinski definition) is 0. The molecule has 1 aromatic heterocycles. The third-order valence-corrected chi connectivity index (χ3v) is 6.18. The standard InChI is InChI=1S/C29H46N2O/c1-3-5-7-9-10-11-12-13-14-16-18-26-19-21-27(22-20-26)29-30-24-28(25-31-29)32-23-17-15-8-6-4-2/h19-22,24-25H,3-18,23H2,1-2H3. The van der Waals surface area contributed by atoms with E-state index in [9.17, 15) is 0 Å². The average molecular weight is 439 g/mol. The number of aromatic nitrogens is 2. The molecule has 0 atom stereocenters. The molecule has 3 heteroatoms. The van der Waals surface area contributed by atoms with Crippen LogP contribution in [0.5, 0.6) is 5.75 Å². The Hall–Kier alpha value is -1.90. The van der Waals surface area contributed by atoms with Crippen LogP contribution in [0.3, 0.4) is 0 Å². The highest BCUT2D eigenvalue weighted by atomic mass is 16.5. The minimum Gasteiger partial charge on any atom is -0.490 e. The lowest BCUT2D eigenvalue weighted by atomic mass is 10.0. The molecule has 0 aliphatic heterocycles. The van der Waals surface area contributed by atoms with Crippen LogP contribution in [0.15, 0.2) is 36.7 Å². The summed E-state index contributed by atoms with van der Waals surface area (Å²) < 4.78 is 5.77. The topological polar surface area (TPSA) is 35.0 Å². The van der Waals surface area contributed by atoms with E-state index in [1.165, 1.54) is 102 Å². The van der Waals surface area contributed by atoms with Gasteiger partial charge in [0, 0.05) is 5.56 Å². The molecule has 0 amide bonds. The van der Waals surface area contributed by atoms with Crippen molar-refractivity contribution < 1.29 is 4.74 Å². The van der Waals surface area contributed by atoms with Gasteiger partial charge in [-0.3, -0.25) is 0 Å². The molecule has 0 aliphatic carbocycles. The highest BCUT2D eigenvalue weighted by Gasteiger charge is 2.03. The Morgan fingerprint density at radius 3 is 1.66 bits per heavy atom. The summed E-state index contributed by atoms with van der Waals surface area (Å²) in [6.45, 7) is 5.27. The summed E-state index contributed by atoms with van der Waals surface area (Å²) in [6.07, 6.45) is 24.9. The molecular weight excluding hydrogens is 392 g/mol. The Morgan fingerprint density at radius 2 is 1.09 bits per heavy atom. The maximum atomic E-state index is 5.77. The van der Waals surface area contributed by atoms with Gasteiger partial charge in [0.15, 0.2) is 11.6 Å². The van der Waals surface area contributed by atoms with Crippen molar-refractivity contribution in [2.24, 2.45) is 0 Å². The summed E-state index contributed by atoms with van der Waals surface area (Å²) in [4.78, 5) is 9.00. The number of benzene rings is 1. The molecule has 0 fully saturated rings. The molecule has 1 heterocycles. The van der Waals surface area contributed by atoms with Crippen molar-refractivity contribution in [3.05, 3.63) is 42.2 Å². The molecule has 2 rings (SSSR count). The molecule has 0 bridgehead atoms. The first-order chi connectivity index (χ1) is 15.8. The first-order valence-corrected chi connectivity index (χ1v) is 13.4. The van der Waals surface area contributed by atoms with E-state index in [0.29, 0.717) is 0 Å². The maximum absolute atomic E-state index is 5.77. The number of nitrogens with zero attached hydrogens (tertiary/aromatic N) is 2. The van der Waals surface area contributed by atoms with E-state index >= 15 is 0 Å². The minimum atomic E-state index is 0.750. The minimum absolute atomic E-state index is 0.750. The zero-order valence-corrected chi connectivity index (χ0v) is 20.8. The van der Waals surface area contributed by atoms with E-state index in [4.69, 9.17) is 4.74 Å². The Morgan fingerprint density at radius 1 is 0.594 bits per heavy atom. The second kappa shape index (κ2) is 17.6. The van der Waals surface area contributed by atoms with Gasteiger partial charge >= 0.3 is 0 Å². The van der Waals surface area contributed by atoms with Gasteiger partial charge < -0.3 is 4.74 Å². The summed E-state index contributed by atoms with van der Waals surface area (Å²) >= 11 is 0. The van der Waals surface area contributed by atoms with E-state index in [0.717, 1.165) is 30.2 Å². The van der Waals surface area contributed by atoms with Crippen molar-refractivity contribution >= 4 is 0 Å². The van der Waals surface area contributed by atoms with Crippen molar-refractivity contribution in [1.82, 2.24) is 9.97 Å². The van der Waals surface area contributed by atoms with Crippen LogP contribution in [0.2, 0.25) is 0 Å². The zero-order chi connectivity index (χ0) is 22.7. The highest BCUT2D eigenvalue weighted by Crippen LogP contribution is 2.19. The largest absolute Gasteiger partial charge is 0.490 e. The van der Waals surface area contributed by atoms with E-state index in [2.05, 4.69) is 48.1 Å². The van der Waals surface area contributed by atoms with Crippen molar-refractivity contribution in [2.75, 3.05) is 6.61 Å². The van der Waals surface area contributed by atoms with Gasteiger partial charge in [-0.15, -0.1) is 0 Å². The molecule has 0 saturated heterocycles. The van der Waals surface area contributed by atoms with Crippen molar-refractivity contribution in [3.8, 4) is 17.1 Å². The fourth-order valence-electron chi connectivity index (χ4n) is 4.07. The molecule has 0 unspecified atom stereocenters. The normalized spacial score (nSPS) is 11.1. The van der Waals surface area contributed by atoms with Crippen LogP contribution >= 0.6 is 0 Å². The van der Waals surface area contributed by atoms with Crippen LogP contribution in [0.25, 0.3) is 11.4 Å². The third-order valence-electron chi connectivity index (χ3n) is 6.18. The Balaban J connectivity index is 1.59. The number of rotatable bonds is 19. The SMILES string of the molecule is CCCCCCCCCCCCc1ccc(-c2ncc(OCCCCCCC)cn2)cc1. The van der Waals surface area contributed by atoms with E-state index in [1.54, 1.807) is 12.4 Å². The van der Waals surface area contributed by atoms with Gasteiger partial charge in [-0.2, -0.15) is 0 Å². The number of aryl methyl sites for hydroxylation is 1. The Kier molecular flexibility index (Phi) is 14.5. The number of unbranched alkanes of at least 4 members (excludes halogenated alkanes) is 13. The predicted octanol–water partition coefficient (Wildman–Crippen LogP) is 8.96. The molecule has 0 aliphatic rings. The Labute approximate surface area is 197 Å². The lowest BCUT2D eigenvalue weighted by molar-refractivity contribution is 0.302. The maximum Gasteiger partial charge on any atom is 0.159 e. The molecule has 0 saturated carbocycles. The van der Waals surface area contributed by atoms with Crippen molar-refractivity contribution in [1.29, 1.82) is 0 Å². The first kappa shape index (κ1) is 26.4. The summed E-state index contributed by atoms with van der Waals surface area (Å²) in [5.41, 5.74) is 2.49. The van der Waals surface area contributed by atoms with E-state index in [1.807, 2.05) is 0 Å². The molecule has 178 valence electrons. The Bertz CT molecular complexity index is 681. The molecule has 0 N–H and O–H groups in total. The fourth-order valence-corrected chi connectivity index (χ4v) is 4.07. The molecular formula is C29H46N2O. The molecule has 1 aromatic carbocycles. The number of ether oxygens (including phenoxy) is 1. The van der Waals surface area contributed by atoms with Gasteiger partial charge in [-0.1, -0.05) is 122 Å². The molecule has 0 radical (unpaired) electrons. The lowest BCUT2D eigenvalue weighted by Gasteiger charge is -2.07. The molecule has 2 aromatic rings.